The topological polar surface area (TPSA) is 95.9 Å². The number of nitrogens with one attached hydrogen (secondary N) is 1. The molecule has 0 amide bonds. The number of aromatic carboxylic acids is 1. The number of nitrogens with zero attached hydrogens (tertiary/aromatic N) is 2. The van der Waals surface area contributed by atoms with E-state index in [0.29, 0.717) is 21.9 Å². The number of hydrogen-bond donors (Lipinski definition) is 2. The zero-order valence-electron chi connectivity index (χ0n) is 9.14. The van der Waals surface area contributed by atoms with Crippen molar-refractivity contribution in [2.24, 2.45) is 0 Å². The van der Waals surface area contributed by atoms with Crippen molar-refractivity contribution in [3.05, 3.63) is 27.8 Å². The van der Waals surface area contributed by atoms with Crippen LogP contribution >= 0.6 is 11.8 Å². The number of fused-ring (bicyclic) bond motifs is 1. The van der Waals surface area contributed by atoms with Crippen molar-refractivity contribution in [2.75, 3.05) is 6.26 Å². The summed E-state index contributed by atoms with van der Waals surface area (Å²) in [6.45, 7) is 1.71. The molecule has 2 heterocycles. The molecule has 0 bridgehead atoms. The van der Waals surface area contributed by atoms with E-state index in [9.17, 15) is 9.59 Å². The van der Waals surface area contributed by atoms with E-state index in [1.807, 2.05) is 6.26 Å². The lowest BCUT2D eigenvalue weighted by Gasteiger charge is -2.04. The van der Waals surface area contributed by atoms with Gasteiger partial charge in [0.05, 0.1) is 5.39 Å². The highest BCUT2D eigenvalue weighted by molar-refractivity contribution is 7.98. The van der Waals surface area contributed by atoms with Crippen LogP contribution < -0.4 is 5.56 Å². The molecule has 17 heavy (non-hydrogen) atoms. The monoisotopic (exact) mass is 251 g/mol. The molecular weight excluding hydrogens is 242 g/mol. The molecule has 7 heteroatoms. The number of carbonyl (C=O) groups is 1. The molecule has 0 atom stereocenters. The number of carboxylic acid groups (broad SMARTS) is 1. The van der Waals surface area contributed by atoms with Crippen LogP contribution in [0.5, 0.6) is 0 Å². The summed E-state index contributed by atoms with van der Waals surface area (Å²) >= 11 is 1.37. The summed E-state index contributed by atoms with van der Waals surface area (Å²) in [6, 6.07) is 1.31. The molecule has 0 spiro atoms. The minimum atomic E-state index is -1.26. The van der Waals surface area contributed by atoms with Crippen molar-refractivity contribution in [3.8, 4) is 0 Å². The molecule has 0 saturated heterocycles. The average Bonchev–Trinajstić information content (AvgIpc) is 2.26. The van der Waals surface area contributed by atoms with Gasteiger partial charge in [0.2, 0.25) is 0 Å². The minimum absolute atomic E-state index is 0.305. The molecule has 0 aliphatic heterocycles. The lowest BCUT2D eigenvalue weighted by Crippen LogP contribution is -2.18. The number of rotatable bonds is 2. The Hall–Kier alpha value is -1.89. The molecule has 0 saturated carbocycles. The van der Waals surface area contributed by atoms with Crippen LogP contribution in [0.3, 0.4) is 0 Å². The average molecular weight is 251 g/mol. The van der Waals surface area contributed by atoms with Crippen LogP contribution in [0.4, 0.5) is 0 Å². The lowest BCUT2D eigenvalue weighted by atomic mass is 10.2. The van der Waals surface area contributed by atoms with E-state index in [1.165, 1.54) is 17.8 Å². The molecule has 0 aromatic carbocycles. The highest BCUT2D eigenvalue weighted by atomic mass is 32.2. The summed E-state index contributed by atoms with van der Waals surface area (Å²) in [6.07, 6.45) is 1.83. The van der Waals surface area contributed by atoms with Gasteiger partial charge in [-0.2, -0.15) is 0 Å². The lowest BCUT2D eigenvalue weighted by molar-refractivity contribution is 0.0695. The zero-order chi connectivity index (χ0) is 12.6. The summed E-state index contributed by atoms with van der Waals surface area (Å²) in [5, 5.41) is 10.1. The van der Waals surface area contributed by atoms with Gasteiger partial charge in [-0.1, -0.05) is 0 Å². The first kappa shape index (κ1) is 11.6. The van der Waals surface area contributed by atoms with Gasteiger partial charge in [-0.05, 0) is 19.2 Å². The molecule has 2 rings (SSSR count). The maximum atomic E-state index is 11.5. The standard InChI is InChI=1S/C10H9N3O3S/c1-4-11-7-5(9(12-4)17-2)3-6(10(15)16)8(14)13-7/h3H,1-2H3,(H,15,16)(H,11,12,13,14). The largest absolute Gasteiger partial charge is 0.477 e. The molecule has 88 valence electrons. The number of hydrogen-bond acceptors (Lipinski definition) is 5. The summed E-state index contributed by atoms with van der Waals surface area (Å²) in [5.41, 5.74) is -0.604. The van der Waals surface area contributed by atoms with Crippen molar-refractivity contribution in [1.82, 2.24) is 15.0 Å². The predicted molar refractivity (Wildman–Crippen MR) is 63.6 cm³/mol. The second-order valence-corrected chi connectivity index (χ2v) is 4.15. The van der Waals surface area contributed by atoms with Gasteiger partial charge in [0.15, 0.2) is 0 Å². The maximum Gasteiger partial charge on any atom is 0.341 e. The maximum absolute atomic E-state index is 11.5. The van der Waals surface area contributed by atoms with Gasteiger partial charge in [-0.3, -0.25) is 4.79 Å². The van der Waals surface area contributed by atoms with Crippen LogP contribution in [0, 0.1) is 6.92 Å². The fraction of sp³-hybridized carbons (Fsp3) is 0.200. The number of H-pyrrole nitrogens is 1. The van der Waals surface area contributed by atoms with E-state index in [4.69, 9.17) is 5.11 Å². The van der Waals surface area contributed by atoms with Gasteiger partial charge in [0, 0.05) is 0 Å². The highest BCUT2D eigenvalue weighted by Crippen LogP contribution is 2.21. The Bertz CT molecular complexity index is 666. The van der Waals surface area contributed by atoms with Crippen LogP contribution in [0.2, 0.25) is 0 Å². The Kier molecular flexibility index (Phi) is 2.84. The first-order chi connectivity index (χ1) is 8.02. The first-order valence-electron chi connectivity index (χ1n) is 4.72. The van der Waals surface area contributed by atoms with Gasteiger partial charge in [0.1, 0.15) is 22.1 Å². The summed E-state index contributed by atoms with van der Waals surface area (Å²) in [7, 11) is 0. The number of thioether (sulfide) groups is 1. The second kappa shape index (κ2) is 4.17. The SMILES string of the molecule is CSc1nc(C)nc2[nH]c(=O)c(C(=O)O)cc12. The molecule has 0 aliphatic carbocycles. The van der Waals surface area contributed by atoms with Crippen LogP contribution in [0.1, 0.15) is 16.2 Å². The van der Waals surface area contributed by atoms with Gasteiger partial charge in [-0.25, -0.2) is 14.8 Å². The third-order valence-corrected chi connectivity index (χ3v) is 2.91. The van der Waals surface area contributed by atoms with Crippen LogP contribution in [-0.2, 0) is 0 Å². The van der Waals surface area contributed by atoms with Gasteiger partial charge in [0.25, 0.3) is 5.56 Å². The molecule has 0 aliphatic rings. The smallest absolute Gasteiger partial charge is 0.341 e. The third kappa shape index (κ3) is 2.01. The van der Waals surface area contributed by atoms with Gasteiger partial charge >= 0.3 is 5.97 Å². The van der Waals surface area contributed by atoms with Crippen molar-refractivity contribution < 1.29 is 9.90 Å². The normalized spacial score (nSPS) is 10.7. The predicted octanol–water partition coefficient (Wildman–Crippen LogP) is 1.05. The quantitative estimate of drug-likeness (QED) is 0.611. The molecule has 2 N–H and O–H groups in total. The molecular formula is C10H9N3O3S. The molecule has 0 fully saturated rings. The van der Waals surface area contributed by atoms with Crippen LogP contribution in [-0.4, -0.2) is 32.3 Å². The van der Waals surface area contributed by atoms with E-state index in [1.54, 1.807) is 6.92 Å². The van der Waals surface area contributed by atoms with Crippen LogP contribution in [0.15, 0.2) is 15.9 Å². The Balaban J connectivity index is 2.88. The van der Waals surface area contributed by atoms with Crippen molar-refractivity contribution >= 4 is 28.8 Å². The van der Waals surface area contributed by atoms with Crippen molar-refractivity contribution in [2.45, 2.75) is 11.9 Å². The van der Waals surface area contributed by atoms with Gasteiger partial charge < -0.3 is 10.1 Å². The number of pyridine rings is 1. The van der Waals surface area contributed by atoms with Crippen molar-refractivity contribution in [1.29, 1.82) is 0 Å². The molecule has 2 aromatic rings. The number of aromatic nitrogens is 3. The third-order valence-electron chi connectivity index (χ3n) is 2.21. The summed E-state index contributed by atoms with van der Waals surface area (Å²) in [4.78, 5) is 33.1. The van der Waals surface area contributed by atoms with E-state index in [2.05, 4.69) is 15.0 Å². The Morgan fingerprint density at radius 1 is 1.47 bits per heavy atom. The molecule has 6 nitrogen and oxygen atoms in total. The summed E-state index contributed by atoms with van der Waals surface area (Å²) in [5.74, 6) is -0.735. The fourth-order valence-corrected chi connectivity index (χ4v) is 2.08. The number of aromatic amines is 1. The molecule has 0 radical (unpaired) electrons. The first-order valence-corrected chi connectivity index (χ1v) is 5.94. The van der Waals surface area contributed by atoms with E-state index in [-0.39, 0.29) is 5.56 Å². The van der Waals surface area contributed by atoms with Crippen molar-refractivity contribution in [3.63, 3.8) is 0 Å². The summed E-state index contributed by atoms with van der Waals surface area (Å²) < 4.78 is 0. The van der Waals surface area contributed by atoms with Gasteiger partial charge in [-0.15, -0.1) is 11.8 Å². The molecule has 0 unspecified atom stereocenters. The van der Waals surface area contributed by atoms with E-state index in [0.717, 1.165) is 0 Å². The van der Waals surface area contributed by atoms with E-state index >= 15 is 0 Å². The minimum Gasteiger partial charge on any atom is -0.477 e. The van der Waals surface area contributed by atoms with E-state index < -0.39 is 11.5 Å². The number of carboxylic acids is 1. The highest BCUT2D eigenvalue weighted by Gasteiger charge is 2.13. The Morgan fingerprint density at radius 2 is 2.18 bits per heavy atom. The Labute approximate surface area is 100 Å². The molecule has 2 aromatic heterocycles. The van der Waals surface area contributed by atoms with Crippen LogP contribution in [0.25, 0.3) is 11.0 Å². The Morgan fingerprint density at radius 3 is 2.76 bits per heavy atom. The zero-order valence-corrected chi connectivity index (χ0v) is 9.96. The second-order valence-electron chi connectivity index (χ2n) is 3.36. The fourth-order valence-electron chi connectivity index (χ4n) is 1.48. The number of aryl methyl sites for hydroxylation is 1.